The number of carbonyl (C=O) groups excluding carboxylic acids is 1. The monoisotopic (exact) mass is 364 g/mol. The number of hydrogen-bond acceptors (Lipinski definition) is 5. The molecule has 0 atom stereocenters. The fourth-order valence-corrected chi connectivity index (χ4v) is 3.38. The number of fused-ring (bicyclic) bond motifs is 1. The first-order chi connectivity index (χ1) is 13.2. The van der Waals surface area contributed by atoms with Crippen molar-refractivity contribution in [1.82, 2.24) is 5.16 Å². The van der Waals surface area contributed by atoms with Crippen molar-refractivity contribution < 1.29 is 18.8 Å². The molecule has 6 heteroatoms. The number of rotatable bonds is 4. The highest BCUT2D eigenvalue weighted by Gasteiger charge is 2.26. The lowest BCUT2D eigenvalue weighted by Gasteiger charge is -2.28. The average molecular weight is 364 g/mol. The molecular formula is C21H20N2O4. The van der Waals surface area contributed by atoms with Gasteiger partial charge in [0.15, 0.2) is 23.0 Å². The van der Waals surface area contributed by atoms with Crippen molar-refractivity contribution in [2.75, 3.05) is 25.7 Å². The second-order valence-corrected chi connectivity index (χ2v) is 6.34. The van der Waals surface area contributed by atoms with E-state index in [1.54, 1.807) is 37.3 Å². The molecule has 3 aromatic rings. The lowest BCUT2D eigenvalue weighted by Crippen LogP contribution is -2.35. The number of ether oxygens (including phenoxy) is 2. The molecule has 0 fully saturated rings. The summed E-state index contributed by atoms with van der Waals surface area (Å²) in [7, 11) is 3.16. The van der Waals surface area contributed by atoms with Crippen molar-refractivity contribution in [3.63, 3.8) is 0 Å². The number of aromatic nitrogens is 1. The molecule has 1 aliphatic heterocycles. The van der Waals surface area contributed by atoms with Crippen LogP contribution in [-0.4, -0.2) is 31.8 Å². The maximum Gasteiger partial charge on any atom is 0.280 e. The molecule has 0 unspecified atom stereocenters. The third-order valence-corrected chi connectivity index (χ3v) is 4.75. The molecule has 0 bridgehead atoms. The van der Waals surface area contributed by atoms with Gasteiger partial charge in [-0.1, -0.05) is 23.4 Å². The van der Waals surface area contributed by atoms with Crippen molar-refractivity contribution in [1.29, 1.82) is 0 Å². The first kappa shape index (κ1) is 17.1. The van der Waals surface area contributed by atoms with Crippen molar-refractivity contribution in [3.05, 3.63) is 59.8 Å². The molecule has 1 aliphatic rings. The Kier molecular flexibility index (Phi) is 4.54. The van der Waals surface area contributed by atoms with Crippen LogP contribution in [0.25, 0.3) is 11.3 Å². The summed E-state index contributed by atoms with van der Waals surface area (Å²) in [5.41, 5.74) is 3.18. The van der Waals surface area contributed by atoms with E-state index >= 15 is 0 Å². The SMILES string of the molecule is COc1ccc(-c2cc(C(=O)N3CCCc4ccccc43)no2)cc1OC. The molecule has 27 heavy (non-hydrogen) atoms. The van der Waals surface area contributed by atoms with Crippen molar-refractivity contribution in [2.45, 2.75) is 12.8 Å². The van der Waals surface area contributed by atoms with Gasteiger partial charge < -0.3 is 18.9 Å². The normalized spacial score (nSPS) is 13.2. The second kappa shape index (κ2) is 7.15. The Labute approximate surface area is 157 Å². The smallest absolute Gasteiger partial charge is 0.280 e. The number of nitrogens with zero attached hydrogens (tertiary/aromatic N) is 2. The highest BCUT2D eigenvalue weighted by Crippen LogP contribution is 2.33. The topological polar surface area (TPSA) is 64.8 Å². The summed E-state index contributed by atoms with van der Waals surface area (Å²) < 4.78 is 16.0. The molecule has 0 radical (unpaired) electrons. The van der Waals surface area contributed by atoms with E-state index in [0.717, 1.165) is 24.1 Å². The van der Waals surface area contributed by atoms with Crippen LogP contribution in [0.3, 0.4) is 0 Å². The molecule has 2 heterocycles. The zero-order chi connectivity index (χ0) is 18.8. The zero-order valence-electron chi connectivity index (χ0n) is 15.3. The van der Waals surface area contributed by atoms with Gasteiger partial charge in [0, 0.05) is 23.9 Å². The largest absolute Gasteiger partial charge is 0.493 e. The van der Waals surface area contributed by atoms with Gasteiger partial charge in [-0.05, 0) is 42.7 Å². The Morgan fingerprint density at radius 2 is 1.89 bits per heavy atom. The van der Waals surface area contributed by atoms with E-state index < -0.39 is 0 Å². The van der Waals surface area contributed by atoms with Gasteiger partial charge in [-0.3, -0.25) is 4.79 Å². The van der Waals surface area contributed by atoms with E-state index in [4.69, 9.17) is 14.0 Å². The standard InChI is InChI=1S/C21H20N2O4/c1-25-18-10-9-15(12-20(18)26-2)19-13-16(22-27-19)21(24)23-11-5-7-14-6-3-4-8-17(14)23/h3-4,6,8-10,12-13H,5,7,11H2,1-2H3. The fraction of sp³-hybridized carbons (Fsp3) is 0.238. The van der Waals surface area contributed by atoms with E-state index in [0.29, 0.717) is 23.8 Å². The minimum Gasteiger partial charge on any atom is -0.493 e. The van der Waals surface area contributed by atoms with Crippen LogP contribution in [0.2, 0.25) is 0 Å². The molecule has 1 amide bonds. The molecule has 0 saturated carbocycles. The lowest BCUT2D eigenvalue weighted by atomic mass is 10.0. The molecule has 2 aromatic carbocycles. The zero-order valence-corrected chi connectivity index (χ0v) is 15.3. The van der Waals surface area contributed by atoms with Gasteiger partial charge in [0.25, 0.3) is 5.91 Å². The van der Waals surface area contributed by atoms with Gasteiger partial charge in [-0.15, -0.1) is 0 Å². The first-order valence-corrected chi connectivity index (χ1v) is 8.80. The van der Waals surface area contributed by atoms with Gasteiger partial charge in [-0.2, -0.15) is 0 Å². The third kappa shape index (κ3) is 3.14. The first-order valence-electron chi connectivity index (χ1n) is 8.80. The molecule has 0 aliphatic carbocycles. The maximum atomic E-state index is 13.0. The molecule has 1 aromatic heterocycles. The third-order valence-electron chi connectivity index (χ3n) is 4.75. The summed E-state index contributed by atoms with van der Waals surface area (Å²) in [5.74, 6) is 1.56. The number of carbonyl (C=O) groups is 1. The molecule has 0 saturated heterocycles. The van der Waals surface area contributed by atoms with Crippen LogP contribution >= 0.6 is 0 Å². The van der Waals surface area contributed by atoms with Crippen molar-refractivity contribution in [2.24, 2.45) is 0 Å². The van der Waals surface area contributed by atoms with Crippen LogP contribution in [0.5, 0.6) is 11.5 Å². The predicted octanol–water partition coefficient (Wildman–Crippen LogP) is 3.95. The Hall–Kier alpha value is -3.28. The van der Waals surface area contributed by atoms with Gasteiger partial charge >= 0.3 is 0 Å². The summed E-state index contributed by atoms with van der Waals surface area (Å²) >= 11 is 0. The summed E-state index contributed by atoms with van der Waals surface area (Å²) in [4.78, 5) is 14.8. The molecular weight excluding hydrogens is 344 g/mol. The molecule has 0 N–H and O–H groups in total. The van der Waals surface area contributed by atoms with Crippen LogP contribution in [0.4, 0.5) is 5.69 Å². The molecule has 4 rings (SSSR count). The number of benzene rings is 2. The number of aryl methyl sites for hydroxylation is 1. The van der Waals surface area contributed by atoms with Gasteiger partial charge in [0.2, 0.25) is 0 Å². The quantitative estimate of drug-likeness (QED) is 0.701. The average Bonchev–Trinajstić information content (AvgIpc) is 3.22. The van der Waals surface area contributed by atoms with Crippen LogP contribution in [-0.2, 0) is 6.42 Å². The van der Waals surface area contributed by atoms with E-state index in [1.807, 2.05) is 24.3 Å². The Bertz CT molecular complexity index is 980. The summed E-state index contributed by atoms with van der Waals surface area (Å²) in [6.07, 6.45) is 1.92. The van der Waals surface area contributed by atoms with E-state index in [-0.39, 0.29) is 11.6 Å². The van der Waals surface area contributed by atoms with Gasteiger partial charge in [0.05, 0.1) is 14.2 Å². The Morgan fingerprint density at radius 3 is 2.70 bits per heavy atom. The molecule has 138 valence electrons. The Balaban J connectivity index is 1.63. The molecule has 0 spiro atoms. The van der Waals surface area contributed by atoms with Crippen molar-refractivity contribution in [3.8, 4) is 22.8 Å². The highest BCUT2D eigenvalue weighted by molar-refractivity contribution is 6.05. The minimum absolute atomic E-state index is 0.155. The second-order valence-electron chi connectivity index (χ2n) is 6.34. The van der Waals surface area contributed by atoms with Crippen molar-refractivity contribution >= 4 is 11.6 Å². The number of amides is 1. The number of anilines is 1. The van der Waals surface area contributed by atoms with Gasteiger partial charge in [0.1, 0.15) is 0 Å². The van der Waals surface area contributed by atoms with E-state index in [1.165, 1.54) is 5.56 Å². The summed E-state index contributed by atoms with van der Waals surface area (Å²) in [5, 5.41) is 4.00. The van der Waals surface area contributed by atoms with E-state index in [2.05, 4.69) is 11.2 Å². The van der Waals surface area contributed by atoms with Crippen LogP contribution in [0.1, 0.15) is 22.5 Å². The highest BCUT2D eigenvalue weighted by atomic mass is 16.5. The fourth-order valence-electron chi connectivity index (χ4n) is 3.38. The summed E-state index contributed by atoms with van der Waals surface area (Å²) in [6, 6.07) is 15.1. The maximum absolute atomic E-state index is 13.0. The number of para-hydroxylation sites is 1. The van der Waals surface area contributed by atoms with Crippen LogP contribution in [0, 0.1) is 0 Å². The summed E-state index contributed by atoms with van der Waals surface area (Å²) in [6.45, 7) is 0.675. The van der Waals surface area contributed by atoms with Gasteiger partial charge in [-0.25, -0.2) is 0 Å². The van der Waals surface area contributed by atoms with E-state index in [9.17, 15) is 4.79 Å². The minimum atomic E-state index is -0.155. The van der Waals surface area contributed by atoms with Crippen LogP contribution in [0.15, 0.2) is 53.1 Å². The number of hydrogen-bond donors (Lipinski definition) is 0. The number of methoxy groups -OCH3 is 2. The van der Waals surface area contributed by atoms with Crippen LogP contribution < -0.4 is 14.4 Å². The Morgan fingerprint density at radius 1 is 1.07 bits per heavy atom. The predicted molar refractivity (Wildman–Crippen MR) is 101 cm³/mol. The molecule has 6 nitrogen and oxygen atoms in total. The lowest BCUT2D eigenvalue weighted by molar-refractivity contribution is 0.0976.